The second-order valence-corrected chi connectivity index (χ2v) is 7.46. The topological polar surface area (TPSA) is 81.7 Å². The molecule has 2 aromatic carbocycles. The van der Waals surface area contributed by atoms with Crippen molar-refractivity contribution in [1.82, 2.24) is 4.72 Å². The van der Waals surface area contributed by atoms with Gasteiger partial charge in [-0.15, -0.1) is 0 Å². The number of carbonyl (C=O) groups excluding carboxylic acids is 1. The number of rotatable bonds is 5. The lowest BCUT2D eigenvalue weighted by Crippen LogP contribution is -2.30. The number of methoxy groups -OCH3 is 1. The Balaban J connectivity index is 2.36. The molecule has 1 N–H and O–H groups in total. The summed E-state index contributed by atoms with van der Waals surface area (Å²) in [5, 5.41) is 0.311. The Morgan fingerprint density at radius 3 is 2.40 bits per heavy atom. The van der Waals surface area contributed by atoms with Gasteiger partial charge in [0.05, 0.1) is 24.0 Å². The third kappa shape index (κ3) is 4.97. The third-order valence-corrected chi connectivity index (χ3v) is 3.98. The smallest absolute Gasteiger partial charge is 0.267 e. The zero-order valence-electron chi connectivity index (χ0n) is 13.0. The summed E-state index contributed by atoms with van der Waals surface area (Å²) in [4.78, 5) is 11.8. The Bertz CT molecular complexity index is 934. The van der Waals surface area contributed by atoms with Gasteiger partial charge in [0.2, 0.25) is 10.0 Å². The molecule has 0 heterocycles. The zero-order valence-corrected chi connectivity index (χ0v) is 15.3. The molecule has 0 atom stereocenters. The minimum Gasteiger partial charge on any atom is -0.493 e. The van der Waals surface area contributed by atoms with Gasteiger partial charge in [0, 0.05) is 17.2 Å². The molecule has 2 aromatic rings. The molecule has 134 valence electrons. The summed E-state index contributed by atoms with van der Waals surface area (Å²) in [5.41, 5.74) is -0.536. The summed E-state index contributed by atoms with van der Waals surface area (Å²) >= 11 is 11.9. The minimum atomic E-state index is -3.84. The molecule has 0 aliphatic heterocycles. The molecule has 25 heavy (non-hydrogen) atoms. The van der Waals surface area contributed by atoms with E-state index in [2.05, 4.69) is 0 Å². The maximum Gasteiger partial charge on any atom is 0.267 e. The van der Waals surface area contributed by atoms with E-state index in [1.807, 2.05) is 0 Å². The van der Waals surface area contributed by atoms with Crippen LogP contribution >= 0.6 is 23.2 Å². The first-order valence-electron chi connectivity index (χ1n) is 6.63. The van der Waals surface area contributed by atoms with Crippen LogP contribution in [0.5, 0.6) is 17.2 Å². The fraction of sp³-hybridized carbons (Fsp3) is 0.133. The molecule has 0 unspecified atom stereocenters. The Morgan fingerprint density at radius 2 is 1.80 bits per heavy atom. The van der Waals surface area contributed by atoms with E-state index < -0.39 is 27.3 Å². The number of nitrogens with one attached hydrogen (secondary N) is 1. The number of sulfonamides is 1. The molecule has 0 aliphatic rings. The quantitative estimate of drug-likeness (QED) is 0.818. The summed E-state index contributed by atoms with van der Waals surface area (Å²) in [6.45, 7) is 0. The summed E-state index contributed by atoms with van der Waals surface area (Å²) in [7, 11) is -2.44. The van der Waals surface area contributed by atoms with Gasteiger partial charge in [0.25, 0.3) is 5.91 Å². The van der Waals surface area contributed by atoms with Crippen molar-refractivity contribution < 1.29 is 27.1 Å². The van der Waals surface area contributed by atoms with E-state index in [4.69, 9.17) is 32.7 Å². The van der Waals surface area contributed by atoms with Crippen LogP contribution in [0.2, 0.25) is 10.0 Å². The number of halogens is 3. The Morgan fingerprint density at radius 1 is 1.12 bits per heavy atom. The molecule has 0 fully saturated rings. The van der Waals surface area contributed by atoms with Gasteiger partial charge in [-0.1, -0.05) is 23.2 Å². The van der Waals surface area contributed by atoms with Gasteiger partial charge in [-0.25, -0.2) is 17.5 Å². The summed E-state index contributed by atoms with van der Waals surface area (Å²) < 4.78 is 48.6. The highest BCUT2D eigenvalue weighted by atomic mass is 35.5. The fourth-order valence-electron chi connectivity index (χ4n) is 1.85. The number of hydrogen-bond acceptors (Lipinski definition) is 5. The second-order valence-electron chi connectivity index (χ2n) is 4.86. The lowest BCUT2D eigenvalue weighted by Gasteiger charge is -2.13. The molecule has 0 saturated heterocycles. The van der Waals surface area contributed by atoms with Gasteiger partial charge in [0.1, 0.15) is 11.6 Å². The molecule has 0 bridgehead atoms. The molecular formula is C15H12Cl2FNO5S. The van der Waals surface area contributed by atoms with Crippen molar-refractivity contribution >= 4 is 39.1 Å². The van der Waals surface area contributed by atoms with Gasteiger partial charge in [-0.3, -0.25) is 4.79 Å². The van der Waals surface area contributed by atoms with Crippen LogP contribution in [0.1, 0.15) is 10.4 Å². The first kappa shape index (κ1) is 19.3. The lowest BCUT2D eigenvalue weighted by atomic mass is 10.2. The Kier molecular flexibility index (Phi) is 5.76. The number of carbonyl (C=O) groups is 1. The number of amides is 1. The van der Waals surface area contributed by atoms with E-state index in [0.29, 0.717) is 10.8 Å². The highest BCUT2D eigenvalue weighted by Gasteiger charge is 2.19. The standard InChI is InChI=1S/C15H12Cl2FNO5S/c1-23-14-5-8(16)3-4-12(14)24-13-7-11(18)9(6-10(13)17)15(20)19-25(2,21)22/h3-7H,1-2H3,(H,19,20). The molecule has 2 rings (SSSR count). The molecule has 0 aromatic heterocycles. The normalized spacial score (nSPS) is 11.1. The molecule has 0 aliphatic carbocycles. The van der Waals surface area contributed by atoms with Crippen molar-refractivity contribution in [3.63, 3.8) is 0 Å². The van der Waals surface area contributed by atoms with Crippen LogP contribution in [0.15, 0.2) is 30.3 Å². The average molecular weight is 408 g/mol. The van der Waals surface area contributed by atoms with Gasteiger partial charge in [0.15, 0.2) is 11.5 Å². The van der Waals surface area contributed by atoms with Crippen LogP contribution < -0.4 is 14.2 Å². The van der Waals surface area contributed by atoms with Crippen LogP contribution in [0, 0.1) is 5.82 Å². The van der Waals surface area contributed by atoms with Crippen molar-refractivity contribution in [3.8, 4) is 17.2 Å². The van der Waals surface area contributed by atoms with Crippen LogP contribution in [0.25, 0.3) is 0 Å². The monoisotopic (exact) mass is 407 g/mol. The maximum absolute atomic E-state index is 14.2. The second kappa shape index (κ2) is 7.47. The molecule has 10 heteroatoms. The van der Waals surface area contributed by atoms with Crippen molar-refractivity contribution in [1.29, 1.82) is 0 Å². The predicted octanol–water partition coefficient (Wildman–Crippen LogP) is 3.62. The summed E-state index contributed by atoms with van der Waals surface area (Å²) in [5.74, 6) is -1.72. The van der Waals surface area contributed by atoms with E-state index in [0.717, 1.165) is 18.4 Å². The van der Waals surface area contributed by atoms with Gasteiger partial charge in [-0.05, 0) is 18.2 Å². The average Bonchev–Trinajstić information content (AvgIpc) is 2.50. The predicted molar refractivity (Wildman–Crippen MR) is 91.8 cm³/mol. The first-order valence-corrected chi connectivity index (χ1v) is 9.28. The SMILES string of the molecule is COc1cc(Cl)ccc1Oc1cc(F)c(C(=O)NS(C)(=O)=O)cc1Cl. The van der Waals surface area contributed by atoms with E-state index in [1.54, 1.807) is 4.72 Å². The van der Waals surface area contributed by atoms with E-state index in [1.165, 1.54) is 25.3 Å². The van der Waals surface area contributed by atoms with Gasteiger partial charge >= 0.3 is 0 Å². The fourth-order valence-corrected chi connectivity index (χ4v) is 2.66. The van der Waals surface area contributed by atoms with E-state index >= 15 is 0 Å². The largest absolute Gasteiger partial charge is 0.493 e. The molecule has 0 spiro atoms. The van der Waals surface area contributed by atoms with Crippen molar-refractivity contribution in [2.75, 3.05) is 13.4 Å². The van der Waals surface area contributed by atoms with Crippen LogP contribution in [-0.2, 0) is 10.0 Å². The molecular weight excluding hydrogens is 396 g/mol. The minimum absolute atomic E-state index is 0.0873. The van der Waals surface area contributed by atoms with Crippen molar-refractivity contribution in [2.45, 2.75) is 0 Å². The van der Waals surface area contributed by atoms with E-state index in [-0.39, 0.29) is 16.5 Å². The van der Waals surface area contributed by atoms with Gasteiger partial charge in [-0.2, -0.15) is 0 Å². The van der Waals surface area contributed by atoms with Crippen LogP contribution in [0.3, 0.4) is 0 Å². The maximum atomic E-state index is 14.2. The van der Waals surface area contributed by atoms with Crippen molar-refractivity contribution in [3.05, 3.63) is 51.8 Å². The van der Waals surface area contributed by atoms with Crippen LogP contribution in [0.4, 0.5) is 4.39 Å². The zero-order chi connectivity index (χ0) is 18.8. The summed E-state index contributed by atoms with van der Waals surface area (Å²) in [6.07, 6.45) is 0.773. The Labute approximate surface area is 153 Å². The lowest BCUT2D eigenvalue weighted by molar-refractivity contribution is 0.0977. The van der Waals surface area contributed by atoms with Crippen LogP contribution in [-0.4, -0.2) is 27.7 Å². The number of benzene rings is 2. The Hall–Kier alpha value is -2.03. The molecule has 6 nitrogen and oxygen atoms in total. The summed E-state index contributed by atoms with van der Waals surface area (Å²) in [6, 6.07) is 6.37. The highest BCUT2D eigenvalue weighted by Crippen LogP contribution is 2.37. The number of ether oxygens (including phenoxy) is 2. The molecule has 1 amide bonds. The highest BCUT2D eigenvalue weighted by molar-refractivity contribution is 7.89. The van der Waals surface area contributed by atoms with Crippen molar-refractivity contribution in [2.24, 2.45) is 0 Å². The third-order valence-electron chi connectivity index (χ3n) is 2.89. The molecule has 0 radical (unpaired) electrons. The first-order chi connectivity index (χ1) is 11.6. The molecule has 0 saturated carbocycles. The van der Waals surface area contributed by atoms with Gasteiger partial charge < -0.3 is 9.47 Å². The van der Waals surface area contributed by atoms with E-state index in [9.17, 15) is 17.6 Å². The number of hydrogen-bond donors (Lipinski definition) is 1.